The molecule has 5 heteroatoms. The first-order valence-electron chi connectivity index (χ1n) is 5.86. The van der Waals surface area contributed by atoms with E-state index in [1.54, 1.807) is 18.2 Å². The van der Waals surface area contributed by atoms with Crippen molar-refractivity contribution in [1.82, 2.24) is 0 Å². The van der Waals surface area contributed by atoms with Crippen molar-refractivity contribution >= 4 is 11.7 Å². The molecule has 1 heterocycles. The van der Waals surface area contributed by atoms with Crippen molar-refractivity contribution in [2.75, 3.05) is 26.1 Å². The molecule has 0 amide bonds. The van der Waals surface area contributed by atoms with Crippen molar-refractivity contribution < 1.29 is 19.4 Å². The fourth-order valence-corrected chi connectivity index (χ4v) is 2.46. The lowest BCUT2D eigenvalue weighted by Gasteiger charge is -2.34. The second-order valence-electron chi connectivity index (χ2n) is 4.42. The van der Waals surface area contributed by atoms with Gasteiger partial charge in [0.15, 0.2) is 0 Å². The topological polar surface area (TPSA) is 81.8 Å². The summed E-state index contributed by atoms with van der Waals surface area (Å²) in [7, 11) is 1.52. The Hall–Kier alpha value is -1.75. The normalized spacial score (nSPS) is 18.3. The standard InChI is InChI=1S/C13H17NO4/c1-17-10-4-2-3-9(11(10)14)13(12(15)16)5-7-18-8-6-13/h2-4H,5-8,14H2,1H3,(H,15,16). The fourth-order valence-electron chi connectivity index (χ4n) is 2.46. The van der Waals surface area contributed by atoms with Crippen LogP contribution in [0.2, 0.25) is 0 Å². The molecule has 0 bridgehead atoms. The number of anilines is 1. The number of hydrogen-bond acceptors (Lipinski definition) is 4. The van der Waals surface area contributed by atoms with Gasteiger partial charge in [0.05, 0.1) is 18.2 Å². The molecule has 5 nitrogen and oxygen atoms in total. The van der Waals surface area contributed by atoms with Crippen molar-refractivity contribution in [2.45, 2.75) is 18.3 Å². The van der Waals surface area contributed by atoms with E-state index in [9.17, 15) is 9.90 Å². The molecular formula is C13H17NO4. The van der Waals surface area contributed by atoms with Crippen LogP contribution in [0, 0.1) is 0 Å². The van der Waals surface area contributed by atoms with E-state index < -0.39 is 11.4 Å². The summed E-state index contributed by atoms with van der Waals surface area (Å²) < 4.78 is 10.4. The van der Waals surface area contributed by atoms with Crippen LogP contribution in [0.1, 0.15) is 18.4 Å². The SMILES string of the molecule is COc1cccc(C2(C(=O)O)CCOCC2)c1N. The van der Waals surface area contributed by atoms with E-state index in [0.717, 1.165) is 0 Å². The minimum absolute atomic E-state index is 0.407. The maximum Gasteiger partial charge on any atom is 0.314 e. The van der Waals surface area contributed by atoms with Crippen molar-refractivity contribution in [2.24, 2.45) is 0 Å². The zero-order valence-electron chi connectivity index (χ0n) is 10.3. The number of hydrogen-bond donors (Lipinski definition) is 2. The van der Waals surface area contributed by atoms with Crippen LogP contribution >= 0.6 is 0 Å². The molecule has 1 aromatic rings. The molecule has 98 valence electrons. The smallest absolute Gasteiger partial charge is 0.314 e. The van der Waals surface area contributed by atoms with E-state index in [0.29, 0.717) is 43.1 Å². The summed E-state index contributed by atoms with van der Waals surface area (Å²) in [6, 6.07) is 5.26. The number of carboxylic acid groups (broad SMARTS) is 1. The molecule has 0 radical (unpaired) electrons. The highest BCUT2D eigenvalue weighted by Gasteiger charge is 2.43. The van der Waals surface area contributed by atoms with Crippen LogP contribution in [0.25, 0.3) is 0 Å². The first kappa shape index (κ1) is 12.7. The first-order valence-corrected chi connectivity index (χ1v) is 5.86. The van der Waals surface area contributed by atoms with Crippen LogP contribution in [-0.4, -0.2) is 31.4 Å². The zero-order valence-corrected chi connectivity index (χ0v) is 10.3. The third kappa shape index (κ3) is 1.90. The van der Waals surface area contributed by atoms with Gasteiger partial charge in [-0.2, -0.15) is 0 Å². The van der Waals surface area contributed by atoms with E-state index in [-0.39, 0.29) is 0 Å². The van der Waals surface area contributed by atoms with Gasteiger partial charge in [0, 0.05) is 13.2 Å². The van der Waals surface area contributed by atoms with Crippen LogP contribution in [0.15, 0.2) is 18.2 Å². The molecule has 0 saturated carbocycles. The molecule has 0 aromatic heterocycles. The lowest BCUT2D eigenvalue weighted by atomic mass is 9.73. The van der Waals surface area contributed by atoms with E-state index >= 15 is 0 Å². The zero-order chi connectivity index (χ0) is 13.2. The van der Waals surface area contributed by atoms with Crippen molar-refractivity contribution in [3.05, 3.63) is 23.8 Å². The van der Waals surface area contributed by atoms with E-state index in [4.69, 9.17) is 15.2 Å². The van der Waals surface area contributed by atoms with Crippen molar-refractivity contribution in [3.8, 4) is 5.75 Å². The van der Waals surface area contributed by atoms with Gasteiger partial charge in [0.1, 0.15) is 5.75 Å². The van der Waals surface area contributed by atoms with Gasteiger partial charge < -0.3 is 20.3 Å². The maximum atomic E-state index is 11.7. The van der Waals surface area contributed by atoms with Gasteiger partial charge in [0.2, 0.25) is 0 Å². The summed E-state index contributed by atoms with van der Waals surface area (Å²) in [6.45, 7) is 0.867. The molecule has 1 aliphatic heterocycles. The van der Waals surface area contributed by atoms with Gasteiger partial charge in [-0.15, -0.1) is 0 Å². The number of benzene rings is 1. The third-order valence-corrected chi connectivity index (χ3v) is 3.56. The monoisotopic (exact) mass is 251 g/mol. The molecule has 1 aromatic carbocycles. The summed E-state index contributed by atoms with van der Waals surface area (Å²) in [5.41, 5.74) is 6.09. The number of carbonyl (C=O) groups is 1. The number of nitrogens with two attached hydrogens (primary N) is 1. The number of rotatable bonds is 3. The Kier molecular flexibility index (Phi) is 3.43. The van der Waals surface area contributed by atoms with Crippen molar-refractivity contribution in [3.63, 3.8) is 0 Å². The van der Waals surface area contributed by atoms with Gasteiger partial charge >= 0.3 is 5.97 Å². The molecule has 1 saturated heterocycles. The van der Waals surface area contributed by atoms with Gasteiger partial charge in [-0.3, -0.25) is 4.79 Å². The second kappa shape index (κ2) is 4.86. The maximum absolute atomic E-state index is 11.7. The van der Waals surface area contributed by atoms with E-state index in [2.05, 4.69) is 0 Å². The molecular weight excluding hydrogens is 234 g/mol. The Labute approximate surface area is 106 Å². The van der Waals surface area contributed by atoms with Crippen LogP contribution in [-0.2, 0) is 14.9 Å². The Morgan fingerprint density at radius 1 is 1.44 bits per heavy atom. The summed E-state index contributed by atoms with van der Waals surface area (Å²) in [4.78, 5) is 11.7. The first-order chi connectivity index (χ1) is 8.62. The van der Waals surface area contributed by atoms with Gasteiger partial charge in [-0.1, -0.05) is 12.1 Å². The molecule has 3 N–H and O–H groups in total. The average Bonchev–Trinajstić information content (AvgIpc) is 2.39. The largest absolute Gasteiger partial charge is 0.495 e. The summed E-state index contributed by atoms with van der Waals surface area (Å²) in [5, 5.41) is 9.58. The number of para-hydroxylation sites is 1. The average molecular weight is 251 g/mol. The number of methoxy groups -OCH3 is 1. The van der Waals surface area contributed by atoms with E-state index in [1.807, 2.05) is 0 Å². The molecule has 0 unspecified atom stereocenters. The highest BCUT2D eigenvalue weighted by atomic mass is 16.5. The Morgan fingerprint density at radius 2 is 2.11 bits per heavy atom. The molecule has 18 heavy (non-hydrogen) atoms. The Morgan fingerprint density at radius 3 is 2.67 bits per heavy atom. The number of carboxylic acids is 1. The predicted octanol–water partition coefficient (Wildman–Crippen LogP) is 1.41. The van der Waals surface area contributed by atoms with E-state index in [1.165, 1.54) is 7.11 Å². The molecule has 1 aliphatic rings. The lowest BCUT2D eigenvalue weighted by molar-refractivity contribution is -0.147. The molecule has 0 aliphatic carbocycles. The van der Waals surface area contributed by atoms with Crippen LogP contribution in [0.3, 0.4) is 0 Å². The molecule has 2 rings (SSSR count). The minimum atomic E-state index is -0.961. The van der Waals surface area contributed by atoms with Gasteiger partial charge in [-0.25, -0.2) is 0 Å². The predicted molar refractivity (Wildman–Crippen MR) is 66.8 cm³/mol. The Bertz CT molecular complexity index is 452. The van der Waals surface area contributed by atoms with Crippen LogP contribution in [0.5, 0.6) is 5.75 Å². The second-order valence-corrected chi connectivity index (χ2v) is 4.42. The lowest BCUT2D eigenvalue weighted by Crippen LogP contribution is -2.41. The van der Waals surface area contributed by atoms with Gasteiger partial charge in [0.25, 0.3) is 0 Å². The molecule has 0 spiro atoms. The van der Waals surface area contributed by atoms with Crippen molar-refractivity contribution in [1.29, 1.82) is 0 Å². The van der Waals surface area contributed by atoms with Crippen LogP contribution < -0.4 is 10.5 Å². The molecule has 0 atom stereocenters. The highest BCUT2D eigenvalue weighted by Crippen LogP contribution is 2.41. The Balaban J connectivity index is 2.52. The quantitative estimate of drug-likeness (QED) is 0.794. The minimum Gasteiger partial charge on any atom is -0.495 e. The third-order valence-electron chi connectivity index (χ3n) is 3.56. The highest BCUT2D eigenvalue weighted by molar-refractivity contribution is 5.85. The fraction of sp³-hybridized carbons (Fsp3) is 0.462. The van der Waals surface area contributed by atoms with Gasteiger partial charge in [-0.05, 0) is 24.5 Å². The summed E-state index contributed by atoms with van der Waals surface area (Å²) in [5.74, 6) is -0.342. The summed E-state index contributed by atoms with van der Waals surface area (Å²) >= 11 is 0. The summed E-state index contributed by atoms with van der Waals surface area (Å²) in [6.07, 6.45) is 0.861. The molecule has 1 fully saturated rings. The number of nitrogen functional groups attached to an aromatic ring is 1. The number of aliphatic carboxylic acids is 1. The number of ether oxygens (including phenoxy) is 2. The van der Waals surface area contributed by atoms with Crippen LogP contribution in [0.4, 0.5) is 5.69 Å².